The molecular weight excluding hydrogens is 153 g/mol. The molecule has 0 saturated carbocycles. The monoisotopic (exact) mass is 165 g/mol. The molecule has 64 valence electrons. The van der Waals surface area contributed by atoms with Gasteiger partial charge in [-0.25, -0.2) is 4.39 Å². The maximum Gasteiger partial charge on any atom is 0.123 e. The minimum atomic E-state index is -0.135. The number of nitrogens with two attached hydrogens (primary N) is 1. The molecule has 0 aromatic heterocycles. The number of rotatable bonds is 0. The SMILES string of the molecule is N[C@H]1CCc2cc(F)ccc2C1. The van der Waals surface area contributed by atoms with Crippen LogP contribution in [0.15, 0.2) is 18.2 Å². The van der Waals surface area contributed by atoms with E-state index in [9.17, 15) is 4.39 Å². The van der Waals surface area contributed by atoms with E-state index in [4.69, 9.17) is 5.73 Å². The van der Waals surface area contributed by atoms with Crippen molar-refractivity contribution in [2.45, 2.75) is 25.3 Å². The molecule has 1 nitrogen and oxygen atoms in total. The third kappa shape index (κ3) is 1.34. The van der Waals surface area contributed by atoms with Gasteiger partial charge < -0.3 is 5.73 Å². The summed E-state index contributed by atoms with van der Waals surface area (Å²) in [5, 5.41) is 0. The Morgan fingerprint density at radius 3 is 3.00 bits per heavy atom. The van der Waals surface area contributed by atoms with E-state index in [0.29, 0.717) is 0 Å². The Kier molecular flexibility index (Phi) is 1.85. The summed E-state index contributed by atoms with van der Waals surface area (Å²) in [6, 6.07) is 5.25. The van der Waals surface area contributed by atoms with Crippen LogP contribution in [-0.4, -0.2) is 6.04 Å². The summed E-state index contributed by atoms with van der Waals surface area (Å²) in [5.41, 5.74) is 8.15. The predicted molar refractivity (Wildman–Crippen MR) is 46.4 cm³/mol. The van der Waals surface area contributed by atoms with Crippen LogP contribution in [0.4, 0.5) is 4.39 Å². The average molecular weight is 165 g/mol. The Bertz CT molecular complexity index is 296. The third-order valence-corrected chi connectivity index (χ3v) is 2.43. The summed E-state index contributed by atoms with van der Waals surface area (Å²) in [6.45, 7) is 0. The fourth-order valence-corrected chi connectivity index (χ4v) is 1.75. The molecule has 1 atom stereocenters. The van der Waals surface area contributed by atoms with Crippen molar-refractivity contribution in [1.82, 2.24) is 0 Å². The highest BCUT2D eigenvalue weighted by Gasteiger charge is 2.15. The minimum absolute atomic E-state index is 0.135. The highest BCUT2D eigenvalue weighted by molar-refractivity contribution is 5.30. The van der Waals surface area contributed by atoms with Crippen LogP contribution in [0.5, 0.6) is 0 Å². The first kappa shape index (κ1) is 7.74. The van der Waals surface area contributed by atoms with Crippen molar-refractivity contribution >= 4 is 0 Å². The summed E-state index contributed by atoms with van der Waals surface area (Å²) in [7, 11) is 0. The maximum atomic E-state index is 12.8. The molecule has 0 amide bonds. The van der Waals surface area contributed by atoms with Gasteiger partial charge in [0.15, 0.2) is 0 Å². The van der Waals surface area contributed by atoms with Crippen LogP contribution in [0, 0.1) is 5.82 Å². The van der Waals surface area contributed by atoms with Gasteiger partial charge in [0.2, 0.25) is 0 Å². The number of benzene rings is 1. The molecule has 0 heterocycles. The second kappa shape index (κ2) is 2.87. The number of aryl methyl sites for hydroxylation is 1. The first-order valence-corrected chi connectivity index (χ1v) is 4.28. The summed E-state index contributed by atoms with van der Waals surface area (Å²) in [6.07, 6.45) is 2.81. The molecule has 0 unspecified atom stereocenters. The molecule has 0 saturated heterocycles. The highest BCUT2D eigenvalue weighted by atomic mass is 19.1. The Morgan fingerprint density at radius 1 is 1.33 bits per heavy atom. The lowest BCUT2D eigenvalue weighted by atomic mass is 9.89. The van der Waals surface area contributed by atoms with Crippen LogP contribution in [0.1, 0.15) is 17.5 Å². The number of hydrogen-bond acceptors (Lipinski definition) is 1. The Labute approximate surface area is 71.4 Å². The van der Waals surface area contributed by atoms with Gasteiger partial charge in [0.1, 0.15) is 5.82 Å². The summed E-state index contributed by atoms with van der Waals surface area (Å²) < 4.78 is 12.8. The molecule has 1 aromatic carbocycles. The molecule has 1 aliphatic rings. The van der Waals surface area contributed by atoms with Crippen LogP contribution in [0.3, 0.4) is 0 Å². The number of fused-ring (bicyclic) bond motifs is 1. The van der Waals surface area contributed by atoms with E-state index in [1.807, 2.05) is 6.07 Å². The van der Waals surface area contributed by atoms with Gasteiger partial charge in [-0.1, -0.05) is 6.07 Å². The minimum Gasteiger partial charge on any atom is -0.327 e. The molecule has 2 heteroatoms. The maximum absolute atomic E-state index is 12.8. The van der Waals surface area contributed by atoms with Crippen molar-refractivity contribution in [1.29, 1.82) is 0 Å². The Balaban J connectivity index is 2.37. The van der Waals surface area contributed by atoms with E-state index in [1.165, 1.54) is 11.6 Å². The van der Waals surface area contributed by atoms with Crippen molar-refractivity contribution in [3.63, 3.8) is 0 Å². The van der Waals surface area contributed by atoms with Crippen LogP contribution >= 0.6 is 0 Å². The fraction of sp³-hybridized carbons (Fsp3) is 0.400. The van der Waals surface area contributed by atoms with Crippen molar-refractivity contribution in [2.24, 2.45) is 5.73 Å². The molecule has 12 heavy (non-hydrogen) atoms. The molecule has 0 aliphatic heterocycles. The molecular formula is C10H12FN. The lowest BCUT2D eigenvalue weighted by Gasteiger charge is -2.20. The number of halogens is 1. The Morgan fingerprint density at radius 2 is 2.17 bits per heavy atom. The van der Waals surface area contributed by atoms with Gasteiger partial charge in [-0.3, -0.25) is 0 Å². The summed E-state index contributed by atoms with van der Waals surface area (Å²) in [5.74, 6) is -0.135. The standard InChI is InChI=1S/C10H12FN/c11-9-3-1-8-6-10(12)4-2-7(8)5-9/h1,3,5,10H,2,4,6,12H2/t10-/m0/s1. The van der Waals surface area contributed by atoms with Crippen molar-refractivity contribution in [3.8, 4) is 0 Å². The quantitative estimate of drug-likeness (QED) is 0.621. The zero-order valence-corrected chi connectivity index (χ0v) is 6.89. The molecule has 0 bridgehead atoms. The molecule has 0 fully saturated rings. The van der Waals surface area contributed by atoms with Gasteiger partial charge in [-0.15, -0.1) is 0 Å². The van der Waals surface area contributed by atoms with Gasteiger partial charge in [-0.05, 0) is 42.5 Å². The van der Waals surface area contributed by atoms with Gasteiger partial charge >= 0.3 is 0 Å². The fourth-order valence-electron chi connectivity index (χ4n) is 1.75. The highest BCUT2D eigenvalue weighted by Crippen LogP contribution is 2.20. The topological polar surface area (TPSA) is 26.0 Å². The van der Waals surface area contributed by atoms with E-state index in [-0.39, 0.29) is 11.9 Å². The van der Waals surface area contributed by atoms with Crippen LogP contribution in [0.25, 0.3) is 0 Å². The molecule has 2 N–H and O–H groups in total. The first-order chi connectivity index (χ1) is 5.75. The predicted octanol–water partition coefficient (Wildman–Crippen LogP) is 1.64. The normalized spacial score (nSPS) is 22.0. The number of hydrogen-bond donors (Lipinski definition) is 1. The smallest absolute Gasteiger partial charge is 0.123 e. The van der Waals surface area contributed by atoms with Gasteiger partial charge in [0.25, 0.3) is 0 Å². The summed E-state index contributed by atoms with van der Waals surface area (Å²) in [4.78, 5) is 0. The molecule has 0 radical (unpaired) electrons. The summed E-state index contributed by atoms with van der Waals surface area (Å²) >= 11 is 0. The van der Waals surface area contributed by atoms with Crippen LogP contribution in [-0.2, 0) is 12.8 Å². The lowest BCUT2D eigenvalue weighted by molar-refractivity contribution is 0.566. The zero-order valence-electron chi connectivity index (χ0n) is 6.89. The van der Waals surface area contributed by atoms with E-state index in [2.05, 4.69) is 0 Å². The molecule has 1 aromatic rings. The molecule has 2 rings (SSSR count). The van der Waals surface area contributed by atoms with Gasteiger partial charge in [0, 0.05) is 6.04 Å². The lowest BCUT2D eigenvalue weighted by Crippen LogP contribution is -2.27. The third-order valence-electron chi connectivity index (χ3n) is 2.43. The van der Waals surface area contributed by atoms with E-state index in [0.717, 1.165) is 24.8 Å². The molecule has 1 aliphatic carbocycles. The van der Waals surface area contributed by atoms with Crippen LogP contribution < -0.4 is 5.73 Å². The van der Waals surface area contributed by atoms with Crippen molar-refractivity contribution in [3.05, 3.63) is 35.1 Å². The van der Waals surface area contributed by atoms with E-state index >= 15 is 0 Å². The largest absolute Gasteiger partial charge is 0.327 e. The van der Waals surface area contributed by atoms with E-state index in [1.54, 1.807) is 6.07 Å². The van der Waals surface area contributed by atoms with E-state index < -0.39 is 0 Å². The Hall–Kier alpha value is -0.890. The van der Waals surface area contributed by atoms with Gasteiger partial charge in [-0.2, -0.15) is 0 Å². The van der Waals surface area contributed by atoms with Crippen LogP contribution in [0.2, 0.25) is 0 Å². The average Bonchev–Trinajstić information content (AvgIpc) is 2.05. The van der Waals surface area contributed by atoms with Crippen molar-refractivity contribution in [2.75, 3.05) is 0 Å². The first-order valence-electron chi connectivity index (χ1n) is 4.28. The second-order valence-electron chi connectivity index (χ2n) is 3.42. The van der Waals surface area contributed by atoms with Gasteiger partial charge in [0.05, 0.1) is 0 Å². The van der Waals surface area contributed by atoms with Crippen molar-refractivity contribution < 1.29 is 4.39 Å². The molecule has 0 spiro atoms. The second-order valence-corrected chi connectivity index (χ2v) is 3.42. The zero-order chi connectivity index (χ0) is 8.55.